The van der Waals surface area contributed by atoms with E-state index < -0.39 is 0 Å². The summed E-state index contributed by atoms with van der Waals surface area (Å²) in [5.41, 5.74) is 1.70. The van der Waals surface area contributed by atoms with Crippen LogP contribution < -0.4 is 0 Å². The number of hydrogen-bond donors (Lipinski definition) is 0. The highest BCUT2D eigenvalue weighted by atomic mass is 32.1. The Morgan fingerprint density at radius 1 is 1.47 bits per heavy atom. The van der Waals surface area contributed by atoms with Gasteiger partial charge in [0.25, 0.3) is 0 Å². The van der Waals surface area contributed by atoms with Crippen molar-refractivity contribution in [3.05, 3.63) is 17.6 Å². The maximum Gasteiger partial charge on any atom is 0.237 e. The quantitative estimate of drug-likeness (QED) is 0.835. The van der Waals surface area contributed by atoms with Crippen molar-refractivity contribution in [2.75, 3.05) is 0 Å². The molecular weight excluding hydrogens is 238 g/mol. The molecule has 2 heterocycles. The Morgan fingerprint density at radius 2 is 2.24 bits per heavy atom. The average Bonchev–Trinajstić information content (AvgIpc) is 2.83. The number of aromatic nitrogens is 3. The fourth-order valence-corrected chi connectivity index (χ4v) is 2.26. The van der Waals surface area contributed by atoms with Crippen LogP contribution >= 0.6 is 11.3 Å². The van der Waals surface area contributed by atoms with Crippen LogP contribution in [0.5, 0.6) is 0 Å². The Labute approximate surface area is 103 Å². The maximum atomic E-state index is 11.5. The van der Waals surface area contributed by atoms with Gasteiger partial charge in [0, 0.05) is 6.20 Å². The molecule has 6 heteroatoms. The molecule has 0 aliphatic heterocycles. The fourth-order valence-electron chi connectivity index (χ4n) is 1.72. The van der Waals surface area contributed by atoms with Gasteiger partial charge in [-0.25, -0.2) is 0 Å². The van der Waals surface area contributed by atoms with Crippen LogP contribution in [-0.4, -0.2) is 20.9 Å². The van der Waals surface area contributed by atoms with Crippen molar-refractivity contribution in [1.82, 2.24) is 15.1 Å². The van der Waals surface area contributed by atoms with Crippen molar-refractivity contribution in [3.8, 4) is 10.7 Å². The van der Waals surface area contributed by atoms with Crippen LogP contribution in [0, 0.1) is 5.92 Å². The van der Waals surface area contributed by atoms with E-state index in [1.54, 1.807) is 18.6 Å². The summed E-state index contributed by atoms with van der Waals surface area (Å²) in [5.74, 6) is 0.733. The summed E-state index contributed by atoms with van der Waals surface area (Å²) in [6.07, 6.45) is 1.68. The second-order valence-electron chi connectivity index (χ2n) is 4.15. The van der Waals surface area contributed by atoms with Gasteiger partial charge >= 0.3 is 0 Å². The fraction of sp³-hybridized carbons (Fsp3) is 0.455. The minimum Gasteiger partial charge on any atom is -0.338 e. The molecule has 0 aliphatic rings. The van der Waals surface area contributed by atoms with Gasteiger partial charge in [-0.15, -0.1) is 11.3 Å². The molecule has 0 aliphatic carbocycles. The third-order valence-corrected chi connectivity index (χ3v) is 3.23. The Hall–Kier alpha value is -1.56. The summed E-state index contributed by atoms with van der Waals surface area (Å²) >= 11 is 1.44. The van der Waals surface area contributed by atoms with E-state index in [-0.39, 0.29) is 17.6 Å². The topological polar surface area (TPSA) is 68.9 Å². The second kappa shape index (κ2) is 4.75. The van der Waals surface area contributed by atoms with E-state index in [1.165, 1.54) is 11.3 Å². The molecule has 2 aromatic rings. The second-order valence-corrected chi connectivity index (χ2v) is 5.04. The van der Waals surface area contributed by atoms with E-state index in [2.05, 4.69) is 15.1 Å². The zero-order valence-corrected chi connectivity index (χ0v) is 10.7. The molecule has 1 atom stereocenters. The number of carbonyl (C=O) groups is 1. The van der Waals surface area contributed by atoms with Gasteiger partial charge in [-0.2, -0.15) is 4.98 Å². The highest BCUT2D eigenvalue weighted by molar-refractivity contribution is 7.13. The molecule has 17 heavy (non-hydrogen) atoms. The van der Waals surface area contributed by atoms with Gasteiger partial charge in [-0.3, -0.25) is 9.78 Å². The van der Waals surface area contributed by atoms with Crippen LogP contribution in [0.1, 0.15) is 32.6 Å². The lowest BCUT2D eigenvalue weighted by Crippen LogP contribution is -2.15. The van der Waals surface area contributed by atoms with Gasteiger partial charge < -0.3 is 4.52 Å². The molecule has 5 nitrogen and oxygen atoms in total. The van der Waals surface area contributed by atoms with Crippen LogP contribution in [0.2, 0.25) is 0 Å². The number of thiazole rings is 1. The summed E-state index contributed by atoms with van der Waals surface area (Å²) in [6.45, 7) is 5.46. The first-order valence-corrected chi connectivity index (χ1v) is 6.20. The molecule has 0 N–H and O–H groups in total. The van der Waals surface area contributed by atoms with Crippen LogP contribution in [0.25, 0.3) is 10.7 Å². The number of ketones is 1. The lowest BCUT2D eigenvalue weighted by atomic mass is 9.92. The Bertz CT molecular complexity index is 505. The monoisotopic (exact) mass is 251 g/mol. The van der Waals surface area contributed by atoms with Crippen molar-refractivity contribution in [2.24, 2.45) is 5.92 Å². The molecule has 0 fully saturated rings. The van der Waals surface area contributed by atoms with Crippen molar-refractivity contribution in [1.29, 1.82) is 0 Å². The lowest BCUT2D eigenvalue weighted by molar-refractivity contribution is -0.119. The number of hydrogen-bond acceptors (Lipinski definition) is 6. The van der Waals surface area contributed by atoms with Crippen molar-refractivity contribution < 1.29 is 9.32 Å². The zero-order valence-electron chi connectivity index (χ0n) is 9.88. The summed E-state index contributed by atoms with van der Waals surface area (Å²) in [6, 6.07) is 0. The standard InChI is InChI=1S/C11H13N3O2S/c1-6(2)9(7(3)15)11-13-10(14-16-11)8-4-12-5-17-8/h4-6,9H,1-3H3. The highest BCUT2D eigenvalue weighted by Crippen LogP contribution is 2.27. The van der Waals surface area contributed by atoms with Crippen LogP contribution in [0.15, 0.2) is 16.2 Å². The highest BCUT2D eigenvalue weighted by Gasteiger charge is 2.27. The molecular formula is C11H13N3O2S. The van der Waals surface area contributed by atoms with Gasteiger partial charge in [-0.05, 0) is 12.8 Å². The van der Waals surface area contributed by atoms with Gasteiger partial charge in [0.05, 0.1) is 16.3 Å². The molecule has 0 bridgehead atoms. The van der Waals surface area contributed by atoms with Gasteiger partial charge in [-0.1, -0.05) is 19.0 Å². The third kappa shape index (κ3) is 2.41. The molecule has 0 aromatic carbocycles. The van der Waals surface area contributed by atoms with E-state index in [9.17, 15) is 4.79 Å². The van der Waals surface area contributed by atoms with E-state index in [4.69, 9.17) is 4.52 Å². The first kappa shape index (κ1) is 11.9. The third-order valence-electron chi connectivity index (χ3n) is 2.47. The maximum absolute atomic E-state index is 11.5. The van der Waals surface area contributed by atoms with E-state index in [1.807, 2.05) is 13.8 Å². The minimum absolute atomic E-state index is 0.0412. The average molecular weight is 251 g/mol. The van der Waals surface area contributed by atoms with Crippen LogP contribution in [0.4, 0.5) is 0 Å². The molecule has 2 aromatic heterocycles. The molecule has 1 unspecified atom stereocenters. The molecule has 90 valence electrons. The largest absolute Gasteiger partial charge is 0.338 e. The number of carbonyl (C=O) groups excluding carboxylic acids is 1. The molecule has 0 spiro atoms. The summed E-state index contributed by atoms with van der Waals surface area (Å²) < 4.78 is 5.17. The smallest absolute Gasteiger partial charge is 0.237 e. The molecule has 0 saturated heterocycles. The number of Topliss-reactive ketones (excluding diaryl/α,β-unsaturated/α-hetero) is 1. The Kier molecular flexibility index (Phi) is 3.33. The Morgan fingerprint density at radius 3 is 2.76 bits per heavy atom. The predicted molar refractivity (Wildman–Crippen MR) is 63.7 cm³/mol. The summed E-state index contributed by atoms with van der Waals surface area (Å²) in [5, 5.41) is 3.88. The van der Waals surface area contributed by atoms with Crippen molar-refractivity contribution >= 4 is 17.1 Å². The zero-order chi connectivity index (χ0) is 12.4. The van der Waals surface area contributed by atoms with Crippen molar-refractivity contribution in [2.45, 2.75) is 26.7 Å². The van der Waals surface area contributed by atoms with Gasteiger partial charge in [0.15, 0.2) is 0 Å². The number of rotatable bonds is 4. The molecule has 0 saturated carbocycles. The van der Waals surface area contributed by atoms with Crippen LogP contribution in [-0.2, 0) is 4.79 Å². The first-order valence-electron chi connectivity index (χ1n) is 5.32. The molecule has 2 rings (SSSR count). The summed E-state index contributed by atoms with van der Waals surface area (Å²) in [7, 11) is 0. The number of nitrogens with zero attached hydrogens (tertiary/aromatic N) is 3. The van der Waals surface area contributed by atoms with Gasteiger partial charge in [0.2, 0.25) is 11.7 Å². The molecule has 0 radical (unpaired) electrons. The molecule has 0 amide bonds. The van der Waals surface area contributed by atoms with E-state index in [0.717, 1.165) is 4.88 Å². The lowest BCUT2D eigenvalue weighted by Gasteiger charge is -2.12. The SMILES string of the molecule is CC(=O)C(c1nc(-c2cncs2)no1)C(C)C. The summed E-state index contributed by atoms with van der Waals surface area (Å²) in [4.78, 5) is 20.6. The van der Waals surface area contributed by atoms with E-state index >= 15 is 0 Å². The van der Waals surface area contributed by atoms with Gasteiger partial charge in [0.1, 0.15) is 5.78 Å². The van der Waals surface area contributed by atoms with Crippen molar-refractivity contribution in [3.63, 3.8) is 0 Å². The van der Waals surface area contributed by atoms with E-state index in [0.29, 0.717) is 11.7 Å². The predicted octanol–water partition coefficient (Wildman–Crippen LogP) is 2.52. The minimum atomic E-state index is -0.329. The Balaban J connectivity index is 2.31. The van der Waals surface area contributed by atoms with Crippen LogP contribution in [0.3, 0.4) is 0 Å². The normalized spacial score (nSPS) is 12.9. The first-order chi connectivity index (χ1) is 8.09.